The number of rotatable bonds is 7. The van der Waals surface area contributed by atoms with E-state index in [4.69, 9.17) is 9.57 Å². The molecule has 5 nitrogen and oxygen atoms in total. The first kappa shape index (κ1) is 18.1. The van der Waals surface area contributed by atoms with Gasteiger partial charge < -0.3 is 4.74 Å². The van der Waals surface area contributed by atoms with Crippen LogP contribution in [0.3, 0.4) is 0 Å². The van der Waals surface area contributed by atoms with Crippen LogP contribution in [0.2, 0.25) is 0 Å². The second-order valence-corrected chi connectivity index (χ2v) is 7.72. The normalized spacial score (nSPS) is 21.2. The van der Waals surface area contributed by atoms with Crippen molar-refractivity contribution in [1.82, 2.24) is 5.48 Å². The summed E-state index contributed by atoms with van der Waals surface area (Å²) in [6.07, 6.45) is 2.95. The lowest BCUT2D eigenvalue weighted by Gasteiger charge is -2.28. The average molecular weight is 298 g/mol. The molecule has 122 valence electrons. The van der Waals surface area contributed by atoms with Crippen molar-refractivity contribution in [2.75, 3.05) is 0 Å². The zero-order chi connectivity index (χ0) is 16.3. The molecular formula is C16H30N2O3. The van der Waals surface area contributed by atoms with Gasteiger partial charge in [-0.3, -0.25) is 4.84 Å². The summed E-state index contributed by atoms with van der Waals surface area (Å²) in [4.78, 5) is 21.1. The molecule has 1 N–H and O–H groups in total. The van der Waals surface area contributed by atoms with Gasteiger partial charge in [-0.25, -0.2) is 9.79 Å². The molecule has 0 aromatic rings. The van der Waals surface area contributed by atoms with Crippen molar-refractivity contribution in [3.8, 4) is 0 Å². The van der Waals surface area contributed by atoms with Gasteiger partial charge in [-0.1, -0.05) is 27.2 Å². The molecule has 0 aromatic heterocycles. The maximum atomic E-state index is 11.3. The van der Waals surface area contributed by atoms with Crippen LogP contribution in [0.25, 0.3) is 0 Å². The van der Waals surface area contributed by atoms with E-state index in [9.17, 15) is 4.79 Å². The highest BCUT2D eigenvalue weighted by Gasteiger charge is 2.30. The second-order valence-electron chi connectivity index (χ2n) is 7.72. The van der Waals surface area contributed by atoms with Gasteiger partial charge in [0.2, 0.25) is 5.90 Å². The Morgan fingerprint density at radius 1 is 1.29 bits per heavy atom. The van der Waals surface area contributed by atoms with Gasteiger partial charge in [0, 0.05) is 5.54 Å². The molecule has 1 aliphatic rings. The molecule has 2 atom stereocenters. The van der Waals surface area contributed by atoms with Crippen molar-refractivity contribution < 1.29 is 14.4 Å². The topological polar surface area (TPSA) is 59.9 Å². The van der Waals surface area contributed by atoms with Gasteiger partial charge in [0.25, 0.3) is 0 Å². The monoisotopic (exact) mass is 298 g/mol. The Balaban J connectivity index is 2.36. The van der Waals surface area contributed by atoms with Crippen LogP contribution in [0.15, 0.2) is 4.99 Å². The molecule has 0 spiro atoms. The zero-order valence-corrected chi connectivity index (χ0v) is 14.4. The van der Waals surface area contributed by atoms with Crippen LogP contribution in [0.1, 0.15) is 67.7 Å². The van der Waals surface area contributed by atoms with Crippen LogP contribution < -0.4 is 5.48 Å². The number of esters is 1. The lowest BCUT2D eigenvalue weighted by molar-refractivity contribution is -0.135. The zero-order valence-electron chi connectivity index (χ0n) is 14.4. The predicted octanol–water partition coefficient (Wildman–Crippen LogP) is 3.23. The van der Waals surface area contributed by atoms with Crippen LogP contribution in [-0.4, -0.2) is 29.6 Å². The first-order valence-electron chi connectivity index (χ1n) is 7.72. The summed E-state index contributed by atoms with van der Waals surface area (Å²) < 4.78 is 5.07. The molecule has 0 aliphatic carbocycles. The van der Waals surface area contributed by atoms with Gasteiger partial charge >= 0.3 is 5.97 Å². The van der Waals surface area contributed by atoms with Crippen LogP contribution in [0, 0.1) is 5.41 Å². The Morgan fingerprint density at radius 2 is 1.90 bits per heavy atom. The summed E-state index contributed by atoms with van der Waals surface area (Å²) >= 11 is 0. The summed E-state index contributed by atoms with van der Waals surface area (Å²) in [5, 5.41) is 0. The van der Waals surface area contributed by atoms with E-state index in [0.29, 0.717) is 11.3 Å². The standard InChI is InChI=1S/C16H30N2O3/c1-11-14(19)20-13(17-11)12(2)21-18-16(6,7)10-8-9-15(3,4)5/h11-12,18H,8-10H2,1-7H3. The third-order valence-electron chi connectivity index (χ3n) is 3.46. The maximum absolute atomic E-state index is 11.3. The van der Waals surface area contributed by atoms with Crippen LogP contribution >= 0.6 is 0 Å². The number of aliphatic imine (C=N–C) groups is 1. The van der Waals surface area contributed by atoms with Crippen molar-refractivity contribution >= 4 is 11.9 Å². The Labute approximate surface area is 128 Å². The molecule has 2 unspecified atom stereocenters. The molecule has 0 bridgehead atoms. The highest BCUT2D eigenvalue weighted by Crippen LogP contribution is 2.24. The number of nitrogens with zero attached hydrogens (tertiary/aromatic N) is 1. The number of carbonyl (C=O) groups is 1. The molecule has 1 aliphatic heterocycles. The minimum Gasteiger partial charge on any atom is -0.407 e. The minimum absolute atomic E-state index is 0.131. The first-order chi connectivity index (χ1) is 9.50. The van der Waals surface area contributed by atoms with E-state index in [0.717, 1.165) is 12.8 Å². The van der Waals surface area contributed by atoms with Crippen LogP contribution in [-0.2, 0) is 14.4 Å². The molecule has 0 radical (unpaired) electrons. The highest BCUT2D eigenvalue weighted by molar-refractivity contribution is 5.98. The maximum Gasteiger partial charge on any atom is 0.337 e. The number of ether oxygens (including phenoxy) is 1. The molecule has 5 heteroatoms. The quantitative estimate of drug-likeness (QED) is 0.579. The van der Waals surface area contributed by atoms with E-state index < -0.39 is 6.04 Å². The molecule has 1 heterocycles. The fourth-order valence-electron chi connectivity index (χ4n) is 2.06. The Hall–Kier alpha value is -0.940. The Bertz CT molecular complexity index is 397. The number of carbonyl (C=O) groups excluding carboxylic acids is 1. The highest BCUT2D eigenvalue weighted by atomic mass is 16.7. The minimum atomic E-state index is -0.425. The second kappa shape index (κ2) is 6.88. The van der Waals surface area contributed by atoms with Crippen molar-refractivity contribution in [2.45, 2.75) is 85.4 Å². The van der Waals surface area contributed by atoms with Gasteiger partial charge in [0.05, 0.1) is 0 Å². The lowest BCUT2D eigenvalue weighted by atomic mass is 9.87. The molecule has 0 amide bonds. The smallest absolute Gasteiger partial charge is 0.337 e. The molecule has 0 fully saturated rings. The van der Waals surface area contributed by atoms with Crippen LogP contribution in [0.4, 0.5) is 0 Å². The first-order valence-corrected chi connectivity index (χ1v) is 7.72. The predicted molar refractivity (Wildman–Crippen MR) is 84.1 cm³/mol. The summed E-state index contributed by atoms with van der Waals surface area (Å²) in [6.45, 7) is 14.5. The SMILES string of the molecule is CC1N=C(C(C)ONC(C)(C)CCCC(C)(C)C)OC1=O. The Kier molecular flexibility index (Phi) is 5.93. The molecule has 21 heavy (non-hydrogen) atoms. The fourth-order valence-corrected chi connectivity index (χ4v) is 2.06. The summed E-state index contributed by atoms with van der Waals surface area (Å²) in [7, 11) is 0. The number of hydrogen-bond donors (Lipinski definition) is 1. The van der Waals surface area contributed by atoms with Crippen molar-refractivity contribution in [3.05, 3.63) is 0 Å². The molecule has 0 saturated carbocycles. The van der Waals surface area contributed by atoms with E-state index in [1.165, 1.54) is 6.42 Å². The molecule has 0 saturated heterocycles. The van der Waals surface area contributed by atoms with Crippen molar-refractivity contribution in [2.24, 2.45) is 10.4 Å². The Morgan fingerprint density at radius 3 is 2.38 bits per heavy atom. The van der Waals surface area contributed by atoms with Crippen LogP contribution in [0.5, 0.6) is 0 Å². The molecule has 0 aromatic carbocycles. The third-order valence-corrected chi connectivity index (χ3v) is 3.46. The number of cyclic esters (lactones) is 1. The average Bonchev–Trinajstić information content (AvgIpc) is 2.65. The number of hydrogen-bond acceptors (Lipinski definition) is 5. The van der Waals surface area contributed by atoms with E-state index >= 15 is 0 Å². The van der Waals surface area contributed by atoms with E-state index in [1.807, 2.05) is 6.92 Å². The summed E-state index contributed by atoms with van der Waals surface area (Å²) in [5.41, 5.74) is 3.30. The number of hydroxylamine groups is 1. The number of nitrogens with one attached hydrogen (secondary N) is 1. The fraction of sp³-hybridized carbons (Fsp3) is 0.875. The summed E-state index contributed by atoms with van der Waals surface area (Å²) in [6, 6.07) is -0.425. The molecule has 1 rings (SSSR count). The largest absolute Gasteiger partial charge is 0.407 e. The van der Waals surface area contributed by atoms with Gasteiger partial charge in [0.1, 0.15) is 6.04 Å². The van der Waals surface area contributed by atoms with Crippen molar-refractivity contribution in [3.63, 3.8) is 0 Å². The van der Waals surface area contributed by atoms with Gasteiger partial charge in [-0.2, -0.15) is 5.48 Å². The van der Waals surface area contributed by atoms with Gasteiger partial charge in [-0.05, 0) is 46.0 Å². The van der Waals surface area contributed by atoms with E-state index in [2.05, 4.69) is 45.1 Å². The van der Waals surface area contributed by atoms with Gasteiger partial charge in [-0.15, -0.1) is 0 Å². The summed E-state index contributed by atoms with van der Waals surface area (Å²) in [5.74, 6) is 0.0374. The van der Waals surface area contributed by atoms with Gasteiger partial charge in [0.15, 0.2) is 6.10 Å². The van der Waals surface area contributed by atoms with E-state index in [-0.39, 0.29) is 17.6 Å². The van der Waals surface area contributed by atoms with E-state index in [1.54, 1.807) is 6.92 Å². The molecular weight excluding hydrogens is 268 g/mol. The lowest BCUT2D eigenvalue weighted by Crippen LogP contribution is -2.43. The third kappa shape index (κ3) is 6.57. The van der Waals surface area contributed by atoms with Crippen molar-refractivity contribution in [1.29, 1.82) is 0 Å².